The van der Waals surface area contributed by atoms with Crippen LogP contribution in [0.2, 0.25) is 0 Å². The second-order valence-corrected chi connectivity index (χ2v) is 3.62. The van der Waals surface area contributed by atoms with Gasteiger partial charge in [0.15, 0.2) is 0 Å². The topological polar surface area (TPSA) is 60.2 Å². The molecule has 1 aliphatic carbocycles. The first-order chi connectivity index (χ1) is 6.06. The summed E-state index contributed by atoms with van der Waals surface area (Å²) in [4.78, 5) is 20.9. The third-order valence-corrected chi connectivity index (χ3v) is 2.73. The van der Waals surface area contributed by atoms with Gasteiger partial charge in [-0.1, -0.05) is 11.1 Å². The van der Waals surface area contributed by atoms with Gasteiger partial charge in [0, 0.05) is 11.3 Å². The average molecular weight is 183 g/mol. The van der Waals surface area contributed by atoms with E-state index >= 15 is 0 Å². The Balaban J connectivity index is 2.87. The van der Waals surface area contributed by atoms with Gasteiger partial charge in [-0.05, 0) is 20.3 Å². The van der Waals surface area contributed by atoms with Crippen molar-refractivity contribution < 1.29 is 9.72 Å². The Hall–Kier alpha value is -1.19. The van der Waals surface area contributed by atoms with Crippen LogP contribution in [-0.2, 0) is 4.79 Å². The lowest BCUT2D eigenvalue weighted by Crippen LogP contribution is -2.33. The molecule has 0 N–H and O–H groups in total. The van der Waals surface area contributed by atoms with E-state index in [4.69, 9.17) is 0 Å². The van der Waals surface area contributed by atoms with Crippen molar-refractivity contribution in [2.24, 2.45) is 5.92 Å². The van der Waals surface area contributed by atoms with Crippen molar-refractivity contribution >= 4 is 6.29 Å². The van der Waals surface area contributed by atoms with E-state index in [9.17, 15) is 14.9 Å². The van der Waals surface area contributed by atoms with Crippen molar-refractivity contribution in [1.82, 2.24) is 0 Å². The SMILES string of the molecule is CC1=C(C)C[C@@H]([N+](=O)[O-])[C@H](C=O)C1. The van der Waals surface area contributed by atoms with E-state index < -0.39 is 12.0 Å². The lowest BCUT2D eigenvalue weighted by molar-refractivity contribution is -0.529. The third-order valence-electron chi connectivity index (χ3n) is 2.73. The lowest BCUT2D eigenvalue weighted by Gasteiger charge is -2.23. The number of carbonyl (C=O) groups is 1. The van der Waals surface area contributed by atoms with Crippen LogP contribution in [0.1, 0.15) is 26.7 Å². The molecule has 0 bridgehead atoms. The first kappa shape index (κ1) is 9.89. The molecule has 4 nitrogen and oxygen atoms in total. The van der Waals surface area contributed by atoms with E-state index in [1.807, 2.05) is 13.8 Å². The minimum atomic E-state index is -0.707. The normalized spacial score (nSPS) is 28.8. The highest BCUT2D eigenvalue weighted by Crippen LogP contribution is 2.29. The highest BCUT2D eigenvalue weighted by atomic mass is 16.6. The highest BCUT2D eigenvalue weighted by Gasteiger charge is 2.35. The second-order valence-electron chi connectivity index (χ2n) is 3.62. The fraction of sp³-hybridized carbons (Fsp3) is 0.667. The number of aldehydes is 1. The van der Waals surface area contributed by atoms with E-state index in [0.717, 1.165) is 11.1 Å². The van der Waals surface area contributed by atoms with Crippen molar-refractivity contribution in [2.45, 2.75) is 32.7 Å². The fourth-order valence-electron chi connectivity index (χ4n) is 1.67. The monoisotopic (exact) mass is 183 g/mol. The number of nitro groups is 1. The van der Waals surface area contributed by atoms with Crippen molar-refractivity contribution in [3.8, 4) is 0 Å². The Kier molecular flexibility index (Phi) is 2.80. The van der Waals surface area contributed by atoms with Gasteiger partial charge < -0.3 is 4.79 Å². The van der Waals surface area contributed by atoms with E-state index in [2.05, 4.69) is 0 Å². The molecule has 0 radical (unpaired) electrons. The lowest BCUT2D eigenvalue weighted by atomic mass is 9.82. The van der Waals surface area contributed by atoms with E-state index in [1.54, 1.807) is 0 Å². The van der Waals surface area contributed by atoms with Gasteiger partial charge >= 0.3 is 0 Å². The molecule has 4 heteroatoms. The predicted octanol–water partition coefficient (Wildman–Crippen LogP) is 1.58. The van der Waals surface area contributed by atoms with Crippen molar-refractivity contribution in [3.63, 3.8) is 0 Å². The molecule has 0 heterocycles. The summed E-state index contributed by atoms with van der Waals surface area (Å²) in [5.74, 6) is -0.432. The van der Waals surface area contributed by atoms with Crippen LogP contribution in [0.5, 0.6) is 0 Å². The first-order valence-corrected chi connectivity index (χ1v) is 4.30. The van der Waals surface area contributed by atoms with Crippen LogP contribution >= 0.6 is 0 Å². The van der Waals surface area contributed by atoms with Gasteiger partial charge in [-0.2, -0.15) is 0 Å². The van der Waals surface area contributed by atoms with Crippen LogP contribution in [0.15, 0.2) is 11.1 Å². The Bertz CT molecular complexity index is 270. The molecular formula is C9H13NO3. The van der Waals surface area contributed by atoms with Crippen molar-refractivity contribution in [1.29, 1.82) is 0 Å². The van der Waals surface area contributed by atoms with Crippen LogP contribution in [0.25, 0.3) is 0 Å². The zero-order chi connectivity index (χ0) is 10.0. The minimum absolute atomic E-state index is 0.338. The van der Waals surface area contributed by atoms with Gasteiger partial charge in [0.25, 0.3) is 0 Å². The van der Waals surface area contributed by atoms with Crippen LogP contribution in [-0.4, -0.2) is 17.3 Å². The number of carbonyl (C=O) groups excluding carboxylic acids is 1. The number of rotatable bonds is 2. The molecule has 72 valence electrons. The van der Waals surface area contributed by atoms with Crippen molar-refractivity contribution in [2.75, 3.05) is 0 Å². The maximum atomic E-state index is 10.6. The number of hydrogen-bond donors (Lipinski definition) is 0. The molecule has 13 heavy (non-hydrogen) atoms. The average Bonchev–Trinajstić information content (AvgIpc) is 2.08. The molecule has 0 saturated carbocycles. The number of nitrogens with zero attached hydrogens (tertiary/aromatic N) is 1. The van der Waals surface area contributed by atoms with Crippen LogP contribution < -0.4 is 0 Å². The summed E-state index contributed by atoms with van der Waals surface area (Å²) in [6, 6.07) is -0.707. The second kappa shape index (κ2) is 3.68. The quantitative estimate of drug-likeness (QED) is 0.282. The van der Waals surface area contributed by atoms with Crippen LogP contribution in [0, 0.1) is 16.0 Å². The van der Waals surface area contributed by atoms with Gasteiger partial charge in [-0.15, -0.1) is 0 Å². The minimum Gasteiger partial charge on any atom is -0.303 e. The molecule has 0 amide bonds. The summed E-state index contributed by atoms with van der Waals surface area (Å²) in [5, 5.41) is 10.6. The Labute approximate surface area is 76.8 Å². The summed E-state index contributed by atoms with van der Waals surface area (Å²) in [6.07, 6.45) is 1.67. The summed E-state index contributed by atoms with van der Waals surface area (Å²) in [7, 11) is 0. The largest absolute Gasteiger partial charge is 0.303 e. The van der Waals surface area contributed by atoms with Gasteiger partial charge in [0.2, 0.25) is 6.04 Å². The van der Waals surface area contributed by atoms with Crippen molar-refractivity contribution in [3.05, 3.63) is 21.3 Å². The summed E-state index contributed by atoms with van der Waals surface area (Å²) in [6.45, 7) is 3.83. The van der Waals surface area contributed by atoms with Gasteiger partial charge in [0.1, 0.15) is 6.29 Å². The van der Waals surface area contributed by atoms with Gasteiger partial charge in [-0.25, -0.2) is 0 Å². The maximum absolute atomic E-state index is 10.6. The fourth-order valence-corrected chi connectivity index (χ4v) is 1.67. The standard InChI is InChI=1S/C9H13NO3/c1-6-3-8(5-11)9(10(12)13)4-7(6)2/h5,8-9H,3-4H2,1-2H3/t8-,9+/m0/s1. The molecule has 0 aromatic heterocycles. The molecule has 2 atom stereocenters. The highest BCUT2D eigenvalue weighted by molar-refractivity contribution is 5.56. The van der Waals surface area contributed by atoms with Crippen LogP contribution in [0.4, 0.5) is 0 Å². The first-order valence-electron chi connectivity index (χ1n) is 4.30. The van der Waals surface area contributed by atoms with Gasteiger partial charge in [0.05, 0.1) is 5.92 Å². The molecule has 0 fully saturated rings. The predicted molar refractivity (Wildman–Crippen MR) is 47.9 cm³/mol. The zero-order valence-electron chi connectivity index (χ0n) is 7.82. The van der Waals surface area contributed by atoms with E-state index in [1.165, 1.54) is 0 Å². The van der Waals surface area contributed by atoms with Crippen LogP contribution in [0.3, 0.4) is 0 Å². The summed E-state index contributed by atoms with van der Waals surface area (Å²) < 4.78 is 0. The number of allylic oxidation sites excluding steroid dienone is 1. The molecule has 0 unspecified atom stereocenters. The molecule has 1 rings (SSSR count). The Morgan fingerprint density at radius 1 is 1.38 bits per heavy atom. The molecule has 0 aromatic carbocycles. The number of hydrogen-bond acceptors (Lipinski definition) is 3. The Morgan fingerprint density at radius 2 is 1.92 bits per heavy atom. The zero-order valence-corrected chi connectivity index (χ0v) is 7.82. The van der Waals surface area contributed by atoms with Gasteiger partial charge in [-0.3, -0.25) is 10.1 Å². The molecular weight excluding hydrogens is 170 g/mol. The Morgan fingerprint density at radius 3 is 2.38 bits per heavy atom. The molecule has 0 aliphatic heterocycles. The molecule has 1 aliphatic rings. The third kappa shape index (κ3) is 1.94. The van der Waals surface area contributed by atoms with E-state index in [0.29, 0.717) is 19.1 Å². The molecule has 0 spiro atoms. The molecule has 0 saturated heterocycles. The summed E-state index contributed by atoms with van der Waals surface area (Å²) >= 11 is 0. The smallest absolute Gasteiger partial charge is 0.226 e. The maximum Gasteiger partial charge on any atom is 0.226 e. The summed E-state index contributed by atoms with van der Waals surface area (Å²) in [5.41, 5.74) is 2.18. The molecule has 0 aromatic rings. The van der Waals surface area contributed by atoms with E-state index in [-0.39, 0.29) is 4.92 Å².